The molecule has 0 aromatic carbocycles. The van der Waals surface area contributed by atoms with Gasteiger partial charge in [0, 0.05) is 0 Å². The minimum absolute atomic E-state index is 0.171. The Balaban J connectivity index is 3.43. The number of hydrogen-bond acceptors (Lipinski definition) is 1. The highest BCUT2D eigenvalue weighted by Crippen LogP contribution is 2.50. The lowest BCUT2D eigenvalue weighted by Gasteiger charge is -2.62. The van der Waals surface area contributed by atoms with Crippen LogP contribution in [0.5, 0.6) is 0 Å². The first kappa shape index (κ1) is 15.5. The average molecular weight is 332 g/mol. The molecule has 1 aliphatic heterocycles. The van der Waals surface area contributed by atoms with Gasteiger partial charge in [0.05, 0.1) is 19.4 Å². The fourth-order valence-electron chi connectivity index (χ4n) is 2.60. The molecule has 0 N–H and O–H groups in total. The van der Waals surface area contributed by atoms with E-state index in [1.165, 1.54) is 0 Å². The van der Waals surface area contributed by atoms with Crippen molar-refractivity contribution < 1.29 is 4.43 Å². The van der Waals surface area contributed by atoms with Crippen molar-refractivity contribution in [3.8, 4) is 0 Å². The summed E-state index contributed by atoms with van der Waals surface area (Å²) in [5.74, 6) is 0. The van der Waals surface area contributed by atoms with E-state index in [0.29, 0.717) is 0 Å². The molecular formula is C9H24Cl2OSi4. The van der Waals surface area contributed by atoms with Crippen molar-refractivity contribution in [3.63, 3.8) is 0 Å². The summed E-state index contributed by atoms with van der Waals surface area (Å²) >= 11 is 13.9. The van der Waals surface area contributed by atoms with Crippen molar-refractivity contribution in [3.05, 3.63) is 0 Å². The Morgan fingerprint density at radius 2 is 1.19 bits per heavy atom. The summed E-state index contributed by atoms with van der Waals surface area (Å²) in [4.78, 5) is 0. The van der Waals surface area contributed by atoms with Gasteiger partial charge in [-0.15, -0.1) is 11.1 Å². The van der Waals surface area contributed by atoms with Crippen molar-refractivity contribution in [2.45, 2.75) is 58.4 Å². The predicted molar refractivity (Wildman–Crippen MR) is 85.1 cm³/mol. The third-order valence-corrected chi connectivity index (χ3v) is 77.1. The lowest BCUT2D eigenvalue weighted by molar-refractivity contribution is 0.192. The summed E-state index contributed by atoms with van der Waals surface area (Å²) in [6, 6.07) is 0. The van der Waals surface area contributed by atoms with E-state index in [0.717, 1.165) is 0 Å². The normalized spacial score (nSPS) is 45.4. The van der Waals surface area contributed by atoms with Crippen LogP contribution >= 0.6 is 22.2 Å². The van der Waals surface area contributed by atoms with E-state index in [1.807, 2.05) is 0 Å². The molecule has 1 fully saturated rings. The van der Waals surface area contributed by atoms with Crippen LogP contribution in [0.3, 0.4) is 0 Å². The maximum Gasteiger partial charge on any atom is 0.267 e. The van der Waals surface area contributed by atoms with E-state index in [1.54, 1.807) is 0 Å². The van der Waals surface area contributed by atoms with Crippen LogP contribution in [0.15, 0.2) is 0 Å². The lowest BCUT2D eigenvalue weighted by atomic mass is 10.5. The van der Waals surface area contributed by atoms with Gasteiger partial charge in [-0.05, 0) is 20.4 Å². The molecular weight excluding hydrogens is 307 g/mol. The number of rotatable bonds is 0. The van der Waals surface area contributed by atoms with E-state index < -0.39 is 28.3 Å². The zero-order chi connectivity index (χ0) is 13.2. The van der Waals surface area contributed by atoms with E-state index >= 15 is 0 Å². The van der Waals surface area contributed by atoms with Crippen LogP contribution in [-0.4, -0.2) is 33.5 Å². The molecule has 0 aromatic heterocycles. The third-order valence-electron chi connectivity index (χ3n) is 5.43. The van der Waals surface area contributed by atoms with Crippen LogP contribution in [0.4, 0.5) is 0 Å². The van der Waals surface area contributed by atoms with Gasteiger partial charge in [0.25, 0.3) is 7.14 Å². The largest absolute Gasteiger partial charge is 0.402 e. The molecule has 0 aliphatic carbocycles. The topological polar surface area (TPSA) is 9.23 Å². The van der Waals surface area contributed by atoms with Crippen LogP contribution in [0.25, 0.3) is 0 Å². The van der Waals surface area contributed by atoms with Crippen LogP contribution in [0.2, 0.25) is 39.3 Å². The van der Waals surface area contributed by atoms with E-state index in [-0.39, 0.29) is 5.22 Å². The molecule has 0 bridgehead atoms. The second-order valence-corrected chi connectivity index (χ2v) is 48.7. The maximum atomic E-state index is 7.04. The van der Waals surface area contributed by atoms with Gasteiger partial charge in [0.2, 0.25) is 0 Å². The van der Waals surface area contributed by atoms with Gasteiger partial charge in [0.1, 0.15) is 0 Å². The quantitative estimate of drug-likeness (QED) is 0.479. The molecule has 1 heterocycles. The first-order chi connectivity index (χ1) is 6.71. The van der Waals surface area contributed by atoms with Crippen molar-refractivity contribution in [1.29, 1.82) is 0 Å². The van der Waals surface area contributed by atoms with Crippen molar-refractivity contribution in [2.75, 3.05) is 0 Å². The molecule has 0 saturated carbocycles. The molecule has 1 saturated heterocycles. The minimum Gasteiger partial charge on any atom is -0.402 e. The predicted octanol–water partition coefficient (Wildman–Crippen LogP) is 4.11. The minimum atomic E-state index is -2.05. The van der Waals surface area contributed by atoms with E-state index in [2.05, 4.69) is 53.1 Å². The fraction of sp³-hybridized carbons (Fsp3) is 1.00. The zero-order valence-electron chi connectivity index (χ0n) is 11.7. The Morgan fingerprint density at radius 1 is 0.812 bits per heavy atom. The zero-order valence-corrected chi connectivity index (χ0v) is 17.2. The smallest absolute Gasteiger partial charge is 0.267 e. The summed E-state index contributed by atoms with van der Waals surface area (Å²) in [6.45, 7) is 16.7. The Labute approximate surface area is 113 Å². The standard InChI is InChI=1S/C9H24Cl2OSi4/c1-9(2)12-16(8,11)14(5,6)13(3,4)15(9,7)10/h1-8H3. The van der Waals surface area contributed by atoms with Crippen LogP contribution in [-0.2, 0) is 4.43 Å². The molecule has 2 unspecified atom stereocenters. The Bertz CT molecular complexity index is 285. The average Bonchev–Trinajstić information content (AvgIpc) is 1.98. The van der Waals surface area contributed by atoms with Gasteiger partial charge in [-0.1, -0.05) is 32.7 Å². The van der Waals surface area contributed by atoms with Crippen LogP contribution in [0.1, 0.15) is 13.8 Å². The molecule has 0 aromatic rings. The Morgan fingerprint density at radius 3 is 1.56 bits per heavy atom. The lowest BCUT2D eigenvalue weighted by Crippen LogP contribution is -2.88. The maximum absolute atomic E-state index is 7.04. The molecule has 1 rings (SSSR count). The van der Waals surface area contributed by atoms with Crippen LogP contribution < -0.4 is 0 Å². The van der Waals surface area contributed by atoms with E-state index in [9.17, 15) is 0 Å². The van der Waals surface area contributed by atoms with Crippen molar-refractivity contribution in [2.24, 2.45) is 0 Å². The van der Waals surface area contributed by atoms with Gasteiger partial charge in [-0.2, -0.15) is 11.1 Å². The van der Waals surface area contributed by atoms with Gasteiger partial charge in [0.15, 0.2) is 6.90 Å². The second-order valence-electron chi connectivity index (χ2n) is 6.78. The SMILES string of the molecule is CC1(C)O[Si](C)(Cl)[Si](C)(C)[Si](C)(C)[Si]1(C)Cl. The van der Waals surface area contributed by atoms with Gasteiger partial charge < -0.3 is 4.43 Å². The molecule has 0 radical (unpaired) electrons. The highest BCUT2D eigenvalue weighted by Gasteiger charge is 2.72. The Kier molecular flexibility index (Phi) is 3.58. The molecule has 2 atom stereocenters. The fourth-order valence-corrected chi connectivity index (χ4v) is 77.8. The van der Waals surface area contributed by atoms with Crippen molar-refractivity contribution in [1.82, 2.24) is 0 Å². The Hall–Kier alpha value is 1.41. The highest BCUT2D eigenvalue weighted by molar-refractivity contribution is 7.93. The first-order valence-electron chi connectivity index (χ1n) is 5.79. The van der Waals surface area contributed by atoms with Gasteiger partial charge in [-0.3, -0.25) is 0 Å². The monoisotopic (exact) mass is 330 g/mol. The molecule has 1 nitrogen and oxygen atoms in total. The summed E-state index contributed by atoms with van der Waals surface area (Å²) in [7, 11) is -5.04. The molecule has 0 spiro atoms. The molecule has 16 heavy (non-hydrogen) atoms. The van der Waals surface area contributed by atoms with Gasteiger partial charge >= 0.3 is 0 Å². The summed E-state index contributed by atoms with van der Waals surface area (Å²) in [5.41, 5.74) is 0. The highest BCUT2D eigenvalue weighted by atomic mass is 35.6. The van der Waals surface area contributed by atoms with E-state index in [4.69, 9.17) is 26.6 Å². The molecule has 96 valence electrons. The second kappa shape index (κ2) is 3.71. The summed E-state index contributed by atoms with van der Waals surface area (Å²) < 4.78 is 6.36. The van der Waals surface area contributed by atoms with Gasteiger partial charge in [-0.25, -0.2) is 0 Å². The van der Waals surface area contributed by atoms with Crippen molar-refractivity contribution >= 4 is 50.4 Å². The number of halogens is 2. The summed E-state index contributed by atoms with van der Waals surface area (Å²) in [5, 5.41) is -0.171. The van der Waals surface area contributed by atoms with Crippen LogP contribution in [0, 0.1) is 0 Å². The third kappa shape index (κ3) is 1.70. The molecule has 7 heteroatoms. The number of hydrogen-bond donors (Lipinski definition) is 0. The molecule has 1 aliphatic rings. The summed E-state index contributed by atoms with van der Waals surface area (Å²) in [6.07, 6.45) is 0. The molecule has 0 amide bonds. The first-order valence-corrected chi connectivity index (χ1v) is 21.7.